The van der Waals surface area contributed by atoms with Crippen LogP contribution in [0.4, 0.5) is 0 Å². The Morgan fingerprint density at radius 1 is 1.00 bits per heavy atom. The van der Waals surface area contributed by atoms with Crippen LogP contribution >= 0.6 is 11.6 Å². The van der Waals surface area contributed by atoms with Gasteiger partial charge in [0, 0.05) is 11.6 Å². The molecule has 2 N–H and O–H groups in total. The van der Waals surface area contributed by atoms with Gasteiger partial charge in [-0.1, -0.05) is 54.1 Å². The van der Waals surface area contributed by atoms with Crippen LogP contribution in [0.25, 0.3) is 0 Å². The fourth-order valence-corrected chi connectivity index (χ4v) is 3.15. The standard InChI is InChI=1S/C15H16ClNO3S/c16-15-4-2-1-3-14(15)9-17-21(19,20)11-13-7-5-12(10-18)6-8-13/h1-8,17-18H,9-11H2. The van der Waals surface area contributed by atoms with Gasteiger partial charge in [-0.2, -0.15) is 0 Å². The number of nitrogens with one attached hydrogen (secondary N) is 1. The number of sulfonamides is 1. The first kappa shape index (κ1) is 16.0. The van der Waals surface area contributed by atoms with E-state index in [0.717, 1.165) is 11.1 Å². The summed E-state index contributed by atoms with van der Waals surface area (Å²) < 4.78 is 26.6. The molecule has 0 heterocycles. The fraction of sp³-hybridized carbons (Fsp3) is 0.200. The third kappa shape index (κ3) is 4.82. The van der Waals surface area contributed by atoms with Crippen molar-refractivity contribution in [2.45, 2.75) is 18.9 Å². The molecule has 0 aliphatic rings. The van der Waals surface area contributed by atoms with E-state index in [1.807, 2.05) is 6.07 Å². The maximum Gasteiger partial charge on any atom is 0.216 e. The number of hydrogen-bond acceptors (Lipinski definition) is 3. The molecular formula is C15H16ClNO3S. The van der Waals surface area contributed by atoms with E-state index in [1.165, 1.54) is 0 Å². The van der Waals surface area contributed by atoms with Crippen LogP contribution in [-0.2, 0) is 28.9 Å². The Kier molecular flexibility index (Phi) is 5.36. The second kappa shape index (κ2) is 7.04. The van der Waals surface area contributed by atoms with E-state index < -0.39 is 10.0 Å². The first-order chi connectivity index (χ1) is 10.00. The molecule has 112 valence electrons. The predicted octanol–water partition coefficient (Wildman–Crippen LogP) is 2.45. The zero-order chi connectivity index (χ0) is 15.3. The second-order valence-corrected chi connectivity index (χ2v) is 6.86. The van der Waals surface area contributed by atoms with Gasteiger partial charge < -0.3 is 5.11 Å². The van der Waals surface area contributed by atoms with Crippen LogP contribution in [0, 0.1) is 0 Å². The summed E-state index contributed by atoms with van der Waals surface area (Å²) in [4.78, 5) is 0. The minimum atomic E-state index is -3.44. The summed E-state index contributed by atoms with van der Waals surface area (Å²) in [6.07, 6.45) is 0. The molecule has 0 aromatic heterocycles. The largest absolute Gasteiger partial charge is 0.392 e. The topological polar surface area (TPSA) is 66.4 Å². The molecule has 21 heavy (non-hydrogen) atoms. The van der Waals surface area contributed by atoms with Crippen LogP contribution in [0.1, 0.15) is 16.7 Å². The van der Waals surface area contributed by atoms with Crippen molar-refractivity contribution in [2.75, 3.05) is 0 Å². The molecule has 0 radical (unpaired) electrons. The number of benzene rings is 2. The van der Waals surface area contributed by atoms with Gasteiger partial charge in [0.05, 0.1) is 12.4 Å². The molecule has 0 aliphatic heterocycles. The predicted molar refractivity (Wildman–Crippen MR) is 83.3 cm³/mol. The minimum Gasteiger partial charge on any atom is -0.392 e. The third-order valence-corrected chi connectivity index (χ3v) is 4.67. The molecular weight excluding hydrogens is 310 g/mol. The Bertz CT molecular complexity index is 699. The molecule has 0 fully saturated rings. The molecule has 2 aromatic carbocycles. The van der Waals surface area contributed by atoms with E-state index in [4.69, 9.17) is 16.7 Å². The Labute approximate surface area is 129 Å². The van der Waals surface area contributed by atoms with Crippen molar-refractivity contribution in [3.63, 3.8) is 0 Å². The summed E-state index contributed by atoms with van der Waals surface area (Å²) in [5, 5.41) is 9.49. The quantitative estimate of drug-likeness (QED) is 0.857. The highest BCUT2D eigenvalue weighted by atomic mass is 35.5. The maximum absolute atomic E-state index is 12.0. The normalized spacial score (nSPS) is 11.5. The van der Waals surface area contributed by atoms with Crippen molar-refractivity contribution in [2.24, 2.45) is 0 Å². The van der Waals surface area contributed by atoms with Gasteiger partial charge in [-0.05, 0) is 22.8 Å². The number of aliphatic hydroxyl groups is 1. The van der Waals surface area contributed by atoms with Crippen LogP contribution in [0.2, 0.25) is 5.02 Å². The zero-order valence-corrected chi connectivity index (χ0v) is 12.9. The van der Waals surface area contributed by atoms with Crippen molar-refractivity contribution < 1.29 is 13.5 Å². The fourth-order valence-electron chi connectivity index (χ4n) is 1.84. The van der Waals surface area contributed by atoms with Gasteiger partial charge in [0.2, 0.25) is 10.0 Å². The SMILES string of the molecule is O=S(=O)(Cc1ccc(CO)cc1)NCc1ccccc1Cl. The first-order valence-electron chi connectivity index (χ1n) is 6.39. The molecule has 0 spiro atoms. The van der Waals surface area contributed by atoms with Crippen LogP contribution in [0.5, 0.6) is 0 Å². The van der Waals surface area contributed by atoms with Crippen LogP contribution in [0.3, 0.4) is 0 Å². The molecule has 0 bridgehead atoms. The van der Waals surface area contributed by atoms with E-state index in [2.05, 4.69) is 4.72 Å². The Morgan fingerprint density at radius 2 is 1.62 bits per heavy atom. The minimum absolute atomic E-state index is 0.0578. The van der Waals surface area contributed by atoms with Crippen molar-refractivity contribution in [3.8, 4) is 0 Å². The van der Waals surface area contributed by atoms with Crippen molar-refractivity contribution in [1.29, 1.82) is 0 Å². The number of rotatable bonds is 6. The van der Waals surface area contributed by atoms with Crippen LogP contribution in [-0.4, -0.2) is 13.5 Å². The summed E-state index contributed by atoms with van der Waals surface area (Å²) in [5.74, 6) is -0.108. The average molecular weight is 326 g/mol. The van der Waals surface area contributed by atoms with Crippen molar-refractivity contribution in [3.05, 3.63) is 70.2 Å². The van der Waals surface area contributed by atoms with Gasteiger partial charge in [0.1, 0.15) is 0 Å². The molecule has 6 heteroatoms. The van der Waals surface area contributed by atoms with Gasteiger partial charge in [0.25, 0.3) is 0 Å². The van der Waals surface area contributed by atoms with Crippen molar-refractivity contribution >= 4 is 21.6 Å². The maximum atomic E-state index is 12.0. The Morgan fingerprint density at radius 3 is 2.24 bits per heavy atom. The smallest absolute Gasteiger partial charge is 0.216 e. The first-order valence-corrected chi connectivity index (χ1v) is 8.42. The van der Waals surface area contributed by atoms with E-state index in [1.54, 1.807) is 42.5 Å². The highest BCUT2D eigenvalue weighted by molar-refractivity contribution is 7.88. The second-order valence-electron chi connectivity index (χ2n) is 4.65. The number of aliphatic hydroxyl groups excluding tert-OH is 1. The van der Waals surface area contributed by atoms with Gasteiger partial charge >= 0.3 is 0 Å². The Balaban J connectivity index is 2.00. The van der Waals surface area contributed by atoms with Crippen LogP contribution in [0.15, 0.2) is 48.5 Å². The molecule has 0 unspecified atom stereocenters. The zero-order valence-electron chi connectivity index (χ0n) is 11.3. The van der Waals surface area contributed by atoms with Crippen LogP contribution < -0.4 is 4.72 Å². The molecule has 0 aliphatic carbocycles. The average Bonchev–Trinajstić information content (AvgIpc) is 2.47. The van der Waals surface area contributed by atoms with Gasteiger partial charge in [-0.25, -0.2) is 13.1 Å². The highest BCUT2D eigenvalue weighted by Gasteiger charge is 2.12. The summed E-state index contributed by atoms with van der Waals surface area (Å²) in [6, 6.07) is 13.9. The van der Waals surface area contributed by atoms with Crippen molar-refractivity contribution in [1.82, 2.24) is 4.72 Å². The monoisotopic (exact) mass is 325 g/mol. The third-order valence-electron chi connectivity index (χ3n) is 3.00. The lowest BCUT2D eigenvalue weighted by Crippen LogP contribution is -2.24. The van der Waals surface area contributed by atoms with E-state index in [0.29, 0.717) is 10.6 Å². The van der Waals surface area contributed by atoms with E-state index in [9.17, 15) is 8.42 Å². The number of hydrogen-bond donors (Lipinski definition) is 2. The van der Waals surface area contributed by atoms with Gasteiger partial charge in [-0.3, -0.25) is 0 Å². The molecule has 0 saturated carbocycles. The van der Waals surface area contributed by atoms with E-state index in [-0.39, 0.29) is 18.9 Å². The molecule has 2 rings (SSSR count). The summed E-state index contributed by atoms with van der Waals surface area (Å²) in [5.41, 5.74) is 2.15. The molecule has 0 saturated heterocycles. The van der Waals surface area contributed by atoms with Gasteiger partial charge in [-0.15, -0.1) is 0 Å². The lowest BCUT2D eigenvalue weighted by atomic mass is 10.2. The number of halogens is 1. The Hall–Kier alpha value is -1.40. The summed E-state index contributed by atoms with van der Waals surface area (Å²) in [7, 11) is -3.44. The molecule has 0 atom stereocenters. The lowest BCUT2D eigenvalue weighted by molar-refractivity contribution is 0.282. The van der Waals surface area contributed by atoms with Gasteiger partial charge in [0.15, 0.2) is 0 Å². The summed E-state index contributed by atoms with van der Waals surface area (Å²) in [6.45, 7) is 0.106. The molecule has 0 amide bonds. The lowest BCUT2D eigenvalue weighted by Gasteiger charge is -2.08. The summed E-state index contributed by atoms with van der Waals surface area (Å²) >= 11 is 5.99. The van der Waals surface area contributed by atoms with E-state index >= 15 is 0 Å². The molecule has 2 aromatic rings. The highest BCUT2D eigenvalue weighted by Crippen LogP contribution is 2.15. The molecule has 4 nitrogen and oxygen atoms in total.